The molecule has 2 heterocycles. The molecule has 0 radical (unpaired) electrons. The Morgan fingerprint density at radius 3 is 1.23 bits per heavy atom. The average Bonchev–Trinajstić information content (AvgIpc) is 3.90. The Bertz CT molecular complexity index is 3730. The molecule has 2 saturated carbocycles. The zero-order valence-electron chi connectivity index (χ0n) is 42.8. The molecule has 0 N–H and O–H groups in total. The molecule has 14 rings (SSSR count). The van der Waals surface area contributed by atoms with Gasteiger partial charge in [0.15, 0.2) is 5.69 Å². The Hall–Kier alpha value is -8.18. The van der Waals surface area contributed by atoms with Crippen LogP contribution < -0.4 is 9.80 Å². The van der Waals surface area contributed by atoms with Gasteiger partial charge in [0.2, 0.25) is 0 Å². The zero-order valence-corrected chi connectivity index (χ0v) is 42.8. The highest BCUT2D eigenvalue weighted by molar-refractivity contribution is 6.32. The highest BCUT2D eigenvalue weighted by Crippen LogP contribution is 2.63. The van der Waals surface area contributed by atoms with Crippen LogP contribution in [0, 0.1) is 17.9 Å². The molecule has 4 atom stereocenters. The molecule has 2 fully saturated rings. The molecule has 0 saturated heterocycles. The van der Waals surface area contributed by atoms with E-state index in [1.807, 2.05) is 24.3 Å². The third-order valence-electron chi connectivity index (χ3n) is 19.4. The lowest BCUT2D eigenvalue weighted by Gasteiger charge is -2.50. The number of nitrogens with zero attached hydrogens (tertiary/aromatic N) is 4. The third-order valence-corrected chi connectivity index (χ3v) is 19.4. The summed E-state index contributed by atoms with van der Waals surface area (Å²) in [6, 6.07) is 70.2. The van der Waals surface area contributed by atoms with Crippen LogP contribution in [-0.4, -0.2) is 11.1 Å². The van der Waals surface area contributed by atoms with Crippen LogP contribution in [0.15, 0.2) is 182 Å². The fraction of sp³-hybridized carbons (Fsp3) is 0.229. The number of anilines is 4. The molecule has 0 bridgehead atoms. The fourth-order valence-electron chi connectivity index (χ4n) is 15.2. The number of hydrogen-bond donors (Lipinski definition) is 0. The summed E-state index contributed by atoms with van der Waals surface area (Å²) < 4.78 is 0. The minimum Gasteiger partial charge on any atom is -0.335 e. The summed E-state index contributed by atoms with van der Waals surface area (Å²) in [5.41, 5.74) is 18.6. The van der Waals surface area contributed by atoms with E-state index in [1.54, 1.807) is 0 Å². The van der Waals surface area contributed by atoms with E-state index >= 15 is 0 Å². The quantitative estimate of drug-likeness (QED) is 0.123. The minimum absolute atomic E-state index is 0.0678. The Morgan fingerprint density at radius 1 is 0.432 bits per heavy atom. The van der Waals surface area contributed by atoms with Crippen LogP contribution in [0.1, 0.15) is 95.8 Å². The first-order chi connectivity index (χ1) is 36.1. The molecule has 0 aromatic heterocycles. The second-order valence-electron chi connectivity index (χ2n) is 22.8. The summed E-state index contributed by atoms with van der Waals surface area (Å²) in [6.45, 7) is 17.7. The summed E-state index contributed by atoms with van der Waals surface area (Å²) in [6.07, 6.45) is 9.29. The van der Waals surface area contributed by atoms with E-state index in [0.29, 0.717) is 11.3 Å². The van der Waals surface area contributed by atoms with Gasteiger partial charge in [-0.2, -0.15) is 5.26 Å². The monoisotopic (exact) mass is 954 g/mol. The minimum atomic E-state index is -0.115. The standard InChI is InChI=1S/C70H58N4/c1-67-36-12-14-38-69(67,3)73(51-26-20-45(44-71)21-27-51)63-34-22-48(40-61(63)67)59-42-57(46-16-8-6-9-17-46)53-31-33-56-60(43-58(47-18-10-7-11-19-47)54-30-32-55(59)65(53)66(54)56)49-23-35-64-62(41-49)68(2)37-13-15-39-70(68,4)74(64)52-28-24-50(72-5)25-29-52/h6-11,16-35,40-43H,12-15,36-39H2,1-4H3. The van der Waals surface area contributed by atoms with Gasteiger partial charge in [-0.25, -0.2) is 4.85 Å². The van der Waals surface area contributed by atoms with Gasteiger partial charge in [-0.05, 0) is 200 Å². The molecule has 0 spiro atoms. The number of rotatable bonds is 6. The van der Waals surface area contributed by atoms with Gasteiger partial charge >= 0.3 is 0 Å². The van der Waals surface area contributed by atoms with Gasteiger partial charge < -0.3 is 9.80 Å². The molecule has 2 aliphatic carbocycles. The first-order valence-corrected chi connectivity index (χ1v) is 26.8. The molecule has 4 nitrogen and oxygen atoms in total. The van der Waals surface area contributed by atoms with Gasteiger partial charge in [-0.3, -0.25) is 0 Å². The first-order valence-electron chi connectivity index (χ1n) is 26.8. The lowest BCUT2D eigenvalue weighted by Crippen LogP contribution is -2.54. The topological polar surface area (TPSA) is 34.6 Å². The van der Waals surface area contributed by atoms with E-state index in [2.05, 4.69) is 206 Å². The van der Waals surface area contributed by atoms with E-state index in [0.717, 1.165) is 37.1 Å². The van der Waals surface area contributed by atoms with Gasteiger partial charge in [-0.15, -0.1) is 0 Å². The summed E-state index contributed by atoms with van der Waals surface area (Å²) in [5, 5.41) is 17.4. The molecule has 4 aliphatic rings. The highest BCUT2D eigenvalue weighted by Gasteiger charge is 2.59. The van der Waals surface area contributed by atoms with Gasteiger partial charge in [0.25, 0.3) is 0 Å². The normalized spacial score (nSPS) is 22.8. The molecule has 0 amide bonds. The molecule has 358 valence electrons. The lowest BCUT2D eigenvalue weighted by atomic mass is 9.61. The lowest BCUT2D eigenvalue weighted by molar-refractivity contribution is 0.195. The highest BCUT2D eigenvalue weighted by atomic mass is 15.3. The molecule has 74 heavy (non-hydrogen) atoms. The van der Waals surface area contributed by atoms with E-state index in [-0.39, 0.29) is 21.9 Å². The molecule has 2 aliphatic heterocycles. The van der Waals surface area contributed by atoms with Gasteiger partial charge in [0, 0.05) is 33.6 Å². The second kappa shape index (κ2) is 16.2. The molecular weight excluding hydrogens is 897 g/mol. The third kappa shape index (κ3) is 6.06. The zero-order chi connectivity index (χ0) is 50.1. The van der Waals surface area contributed by atoms with Crippen LogP contribution in [0.4, 0.5) is 28.4 Å². The Morgan fingerprint density at radius 2 is 0.824 bits per heavy atom. The van der Waals surface area contributed by atoms with Crippen LogP contribution >= 0.6 is 0 Å². The van der Waals surface area contributed by atoms with Crippen LogP contribution in [-0.2, 0) is 10.8 Å². The van der Waals surface area contributed by atoms with Crippen molar-refractivity contribution in [2.75, 3.05) is 9.80 Å². The molecular formula is C70H58N4. The number of hydrogen-bond acceptors (Lipinski definition) is 3. The second-order valence-corrected chi connectivity index (χ2v) is 22.8. The van der Waals surface area contributed by atoms with Crippen molar-refractivity contribution in [3.63, 3.8) is 0 Å². The van der Waals surface area contributed by atoms with Crippen LogP contribution in [0.25, 0.3) is 81.7 Å². The van der Waals surface area contributed by atoms with Crippen molar-refractivity contribution in [2.45, 2.75) is 101 Å². The Balaban J connectivity index is 1.02. The van der Waals surface area contributed by atoms with Gasteiger partial charge in [-0.1, -0.05) is 149 Å². The molecule has 4 heteroatoms. The van der Waals surface area contributed by atoms with Crippen LogP contribution in [0.3, 0.4) is 0 Å². The van der Waals surface area contributed by atoms with Crippen molar-refractivity contribution < 1.29 is 0 Å². The van der Waals surface area contributed by atoms with Gasteiger partial charge in [0.1, 0.15) is 0 Å². The number of nitriles is 1. The van der Waals surface area contributed by atoms with E-state index in [4.69, 9.17) is 6.57 Å². The Kier molecular flexibility index (Phi) is 9.72. The maximum atomic E-state index is 9.72. The van der Waals surface area contributed by atoms with Crippen molar-refractivity contribution in [1.29, 1.82) is 5.26 Å². The molecule has 10 aromatic rings. The van der Waals surface area contributed by atoms with Crippen molar-refractivity contribution in [3.8, 4) is 50.6 Å². The van der Waals surface area contributed by atoms with Crippen molar-refractivity contribution in [3.05, 3.63) is 210 Å². The number of benzene rings is 10. The maximum absolute atomic E-state index is 9.72. The predicted molar refractivity (Wildman–Crippen MR) is 308 cm³/mol. The summed E-state index contributed by atoms with van der Waals surface area (Å²) >= 11 is 0. The summed E-state index contributed by atoms with van der Waals surface area (Å²) in [5.74, 6) is 0. The van der Waals surface area contributed by atoms with Crippen molar-refractivity contribution in [1.82, 2.24) is 0 Å². The molecule has 10 aromatic carbocycles. The Labute approximate surface area is 435 Å². The van der Waals surface area contributed by atoms with Gasteiger partial charge in [0.05, 0.1) is 29.3 Å². The van der Waals surface area contributed by atoms with E-state index in [9.17, 15) is 5.26 Å². The SMILES string of the molecule is [C-]#[N+]c1ccc(N2c3ccc(-c4cc(-c5ccccc5)c5ccc6c(-c7ccc8c(c7)C7(C)CCCCC7(C)N8c7ccc(C#N)cc7)cc(-c7ccccc7)c7ccc4c5c76)cc3C3(C)CCCCC23C)cc1. The maximum Gasteiger partial charge on any atom is 0.187 e. The average molecular weight is 955 g/mol. The van der Waals surface area contributed by atoms with Crippen molar-refractivity contribution in [2.24, 2.45) is 0 Å². The number of fused-ring (bicyclic) bond motifs is 6. The smallest absolute Gasteiger partial charge is 0.187 e. The molecule has 4 unspecified atom stereocenters. The van der Waals surface area contributed by atoms with Crippen LogP contribution in [0.2, 0.25) is 0 Å². The predicted octanol–water partition coefficient (Wildman–Crippen LogP) is 19.2. The first kappa shape index (κ1) is 44.5. The largest absolute Gasteiger partial charge is 0.335 e. The summed E-state index contributed by atoms with van der Waals surface area (Å²) in [4.78, 5) is 8.96. The fourth-order valence-corrected chi connectivity index (χ4v) is 15.2. The van der Waals surface area contributed by atoms with E-state index in [1.165, 1.54) is 125 Å². The van der Waals surface area contributed by atoms with Crippen molar-refractivity contribution >= 4 is 60.8 Å². The van der Waals surface area contributed by atoms with E-state index < -0.39 is 0 Å². The summed E-state index contributed by atoms with van der Waals surface area (Å²) in [7, 11) is 0. The van der Waals surface area contributed by atoms with Crippen LogP contribution in [0.5, 0.6) is 0 Å².